The number of benzene rings is 2. The first-order valence-corrected chi connectivity index (χ1v) is 9.43. The van der Waals surface area contributed by atoms with Crippen LogP contribution in [0.2, 0.25) is 5.02 Å². The normalized spacial score (nSPS) is 13.1. The third-order valence-electron chi connectivity index (χ3n) is 3.07. The molecule has 1 N–H and O–H groups in total. The molecule has 2 rings (SSSR count). The van der Waals surface area contributed by atoms with Gasteiger partial charge in [0.2, 0.25) is 10.0 Å². The number of nitrogens with one attached hydrogen (secondary N) is 1. The highest BCUT2D eigenvalue weighted by Crippen LogP contribution is 2.21. The SMILES string of the molecule is CSc1ccc(C(C)NS(=O)(=O)c2ccc(Cl)cc2)cc1. The predicted octanol–water partition coefficient (Wildman–Crippen LogP) is 4.10. The second kappa shape index (κ2) is 6.83. The lowest BCUT2D eigenvalue weighted by molar-refractivity contribution is 0.567. The number of hydrogen-bond donors (Lipinski definition) is 1. The van der Waals surface area contributed by atoms with Crippen molar-refractivity contribution in [2.24, 2.45) is 0 Å². The molecule has 0 aliphatic heterocycles. The second-order valence-electron chi connectivity index (χ2n) is 4.57. The van der Waals surface area contributed by atoms with Gasteiger partial charge in [0.05, 0.1) is 4.90 Å². The first-order valence-electron chi connectivity index (χ1n) is 6.34. The molecule has 6 heteroatoms. The van der Waals surface area contributed by atoms with Gasteiger partial charge in [-0.2, -0.15) is 0 Å². The third kappa shape index (κ3) is 4.23. The Morgan fingerprint density at radius 3 is 2.14 bits per heavy atom. The molecule has 21 heavy (non-hydrogen) atoms. The van der Waals surface area contributed by atoms with Crippen LogP contribution in [0.4, 0.5) is 0 Å². The molecule has 2 aromatic carbocycles. The molecule has 2 aromatic rings. The van der Waals surface area contributed by atoms with Crippen molar-refractivity contribution in [3.8, 4) is 0 Å². The quantitative estimate of drug-likeness (QED) is 0.833. The van der Waals surface area contributed by atoms with Gasteiger partial charge in [-0.1, -0.05) is 23.7 Å². The zero-order valence-electron chi connectivity index (χ0n) is 11.7. The van der Waals surface area contributed by atoms with E-state index in [2.05, 4.69) is 4.72 Å². The summed E-state index contributed by atoms with van der Waals surface area (Å²) in [6.07, 6.45) is 2.00. The van der Waals surface area contributed by atoms with Crippen LogP contribution in [0.1, 0.15) is 18.5 Å². The number of halogens is 1. The van der Waals surface area contributed by atoms with Gasteiger partial charge in [0, 0.05) is 16.0 Å². The molecule has 0 saturated carbocycles. The minimum absolute atomic E-state index is 0.208. The number of thioether (sulfide) groups is 1. The van der Waals surface area contributed by atoms with E-state index in [4.69, 9.17) is 11.6 Å². The fourth-order valence-corrected chi connectivity index (χ4v) is 3.64. The molecule has 0 heterocycles. The maximum Gasteiger partial charge on any atom is 0.241 e. The van der Waals surface area contributed by atoms with E-state index in [0.717, 1.165) is 10.5 Å². The van der Waals surface area contributed by atoms with Crippen molar-refractivity contribution in [3.05, 3.63) is 59.1 Å². The van der Waals surface area contributed by atoms with Crippen LogP contribution in [0.25, 0.3) is 0 Å². The van der Waals surface area contributed by atoms with Crippen LogP contribution < -0.4 is 4.72 Å². The number of rotatable bonds is 5. The third-order valence-corrected chi connectivity index (χ3v) is 5.62. The van der Waals surface area contributed by atoms with Crippen LogP contribution in [0.3, 0.4) is 0 Å². The zero-order chi connectivity index (χ0) is 15.5. The standard InChI is InChI=1S/C15H16ClNO2S2/c1-11(12-3-7-14(20-2)8-4-12)17-21(18,19)15-9-5-13(16)6-10-15/h3-11,17H,1-2H3. The molecule has 1 unspecified atom stereocenters. The van der Waals surface area contributed by atoms with E-state index in [-0.39, 0.29) is 10.9 Å². The fraction of sp³-hybridized carbons (Fsp3) is 0.200. The number of hydrogen-bond acceptors (Lipinski definition) is 3. The Morgan fingerprint density at radius 1 is 1.05 bits per heavy atom. The van der Waals surface area contributed by atoms with E-state index in [9.17, 15) is 8.42 Å². The van der Waals surface area contributed by atoms with Crippen molar-refractivity contribution in [2.75, 3.05) is 6.26 Å². The Labute approximate surface area is 134 Å². The lowest BCUT2D eigenvalue weighted by atomic mass is 10.1. The van der Waals surface area contributed by atoms with Gasteiger partial charge in [-0.15, -0.1) is 11.8 Å². The summed E-state index contributed by atoms with van der Waals surface area (Å²) in [6, 6.07) is 13.6. The van der Waals surface area contributed by atoms with Crippen molar-refractivity contribution in [3.63, 3.8) is 0 Å². The highest BCUT2D eigenvalue weighted by Gasteiger charge is 2.18. The minimum Gasteiger partial charge on any atom is -0.207 e. The summed E-state index contributed by atoms with van der Waals surface area (Å²) in [5, 5.41) is 0.509. The summed E-state index contributed by atoms with van der Waals surface area (Å²) in [6.45, 7) is 1.82. The van der Waals surface area contributed by atoms with E-state index in [1.165, 1.54) is 12.1 Å². The fourth-order valence-electron chi connectivity index (χ4n) is 1.88. The highest BCUT2D eigenvalue weighted by molar-refractivity contribution is 7.98. The first-order chi connectivity index (χ1) is 9.92. The average molecular weight is 342 g/mol. The Morgan fingerprint density at radius 2 is 1.62 bits per heavy atom. The minimum atomic E-state index is -3.55. The Hall–Kier alpha value is -1.01. The Kier molecular flexibility index (Phi) is 5.32. The molecule has 0 amide bonds. The van der Waals surface area contributed by atoms with Crippen molar-refractivity contribution < 1.29 is 8.42 Å². The maximum atomic E-state index is 12.3. The van der Waals surface area contributed by atoms with Gasteiger partial charge in [-0.3, -0.25) is 0 Å². The van der Waals surface area contributed by atoms with E-state index in [1.54, 1.807) is 23.9 Å². The summed E-state index contributed by atoms with van der Waals surface area (Å²) in [7, 11) is -3.55. The van der Waals surface area contributed by atoms with Gasteiger partial charge in [-0.05, 0) is 55.1 Å². The van der Waals surface area contributed by atoms with Crippen molar-refractivity contribution in [1.82, 2.24) is 4.72 Å². The van der Waals surface area contributed by atoms with E-state index >= 15 is 0 Å². The van der Waals surface area contributed by atoms with Gasteiger partial charge in [-0.25, -0.2) is 13.1 Å². The maximum absolute atomic E-state index is 12.3. The van der Waals surface area contributed by atoms with Crippen molar-refractivity contribution >= 4 is 33.4 Å². The zero-order valence-corrected chi connectivity index (χ0v) is 14.1. The van der Waals surface area contributed by atoms with Crippen LogP contribution in [0.5, 0.6) is 0 Å². The molecular weight excluding hydrogens is 326 g/mol. The van der Waals surface area contributed by atoms with E-state index in [0.29, 0.717) is 5.02 Å². The molecule has 0 bridgehead atoms. The summed E-state index contributed by atoms with van der Waals surface area (Å²) < 4.78 is 27.3. The molecule has 0 fully saturated rings. The van der Waals surface area contributed by atoms with Gasteiger partial charge in [0.1, 0.15) is 0 Å². The van der Waals surface area contributed by atoms with Crippen LogP contribution >= 0.6 is 23.4 Å². The van der Waals surface area contributed by atoms with Crippen LogP contribution in [-0.4, -0.2) is 14.7 Å². The van der Waals surface area contributed by atoms with Crippen LogP contribution in [0, 0.1) is 0 Å². The molecule has 0 spiro atoms. The van der Waals surface area contributed by atoms with Gasteiger partial charge in [0.15, 0.2) is 0 Å². The average Bonchev–Trinajstić information content (AvgIpc) is 2.47. The first kappa shape index (κ1) is 16.4. The van der Waals surface area contributed by atoms with Gasteiger partial charge >= 0.3 is 0 Å². The summed E-state index contributed by atoms with van der Waals surface area (Å²) >= 11 is 7.42. The second-order valence-corrected chi connectivity index (χ2v) is 7.60. The molecule has 112 valence electrons. The molecule has 0 aliphatic carbocycles. The monoisotopic (exact) mass is 341 g/mol. The Bertz CT molecular complexity index is 697. The van der Waals surface area contributed by atoms with Crippen LogP contribution in [-0.2, 0) is 10.0 Å². The molecule has 0 aromatic heterocycles. The lowest BCUT2D eigenvalue weighted by Crippen LogP contribution is -2.26. The summed E-state index contributed by atoms with van der Waals surface area (Å²) in [4.78, 5) is 1.35. The Balaban J connectivity index is 2.17. The van der Waals surface area contributed by atoms with E-state index in [1.807, 2.05) is 37.4 Å². The van der Waals surface area contributed by atoms with E-state index < -0.39 is 10.0 Å². The largest absolute Gasteiger partial charge is 0.241 e. The summed E-state index contributed by atoms with van der Waals surface area (Å²) in [5.41, 5.74) is 0.922. The van der Waals surface area contributed by atoms with Gasteiger partial charge in [0.25, 0.3) is 0 Å². The summed E-state index contributed by atoms with van der Waals surface area (Å²) in [5.74, 6) is 0. The smallest absolute Gasteiger partial charge is 0.207 e. The molecule has 0 radical (unpaired) electrons. The lowest BCUT2D eigenvalue weighted by Gasteiger charge is -2.15. The molecule has 3 nitrogen and oxygen atoms in total. The van der Waals surface area contributed by atoms with Crippen molar-refractivity contribution in [2.45, 2.75) is 22.8 Å². The molecule has 0 aliphatic rings. The molecule has 1 atom stereocenters. The highest BCUT2D eigenvalue weighted by atomic mass is 35.5. The molecule has 0 saturated heterocycles. The van der Waals surface area contributed by atoms with Crippen molar-refractivity contribution in [1.29, 1.82) is 0 Å². The van der Waals surface area contributed by atoms with Gasteiger partial charge < -0.3 is 0 Å². The number of sulfonamides is 1. The predicted molar refractivity (Wildman–Crippen MR) is 88.4 cm³/mol. The van der Waals surface area contributed by atoms with Crippen LogP contribution in [0.15, 0.2) is 58.3 Å². The topological polar surface area (TPSA) is 46.2 Å². The molecular formula is C15H16ClNO2S2.